The van der Waals surface area contributed by atoms with Crippen LogP contribution in [-0.4, -0.2) is 36.4 Å². The zero-order chi connectivity index (χ0) is 14.2. The largest absolute Gasteiger partial charge is 0.480 e. The van der Waals surface area contributed by atoms with Crippen LogP contribution in [0, 0.1) is 0 Å². The van der Waals surface area contributed by atoms with Gasteiger partial charge in [-0.2, -0.15) is 17.4 Å². The summed E-state index contributed by atoms with van der Waals surface area (Å²) in [5.41, 5.74) is 0.581. The van der Waals surface area contributed by atoms with Crippen molar-refractivity contribution in [1.29, 1.82) is 0 Å². The molecular formula is C11H16N2O4S2. The summed E-state index contributed by atoms with van der Waals surface area (Å²) in [5.74, 6) is -1.14. The molecule has 2 heterocycles. The van der Waals surface area contributed by atoms with Gasteiger partial charge in [0.2, 0.25) is 0 Å². The summed E-state index contributed by atoms with van der Waals surface area (Å²) in [7, 11) is -3.79. The van der Waals surface area contributed by atoms with Gasteiger partial charge in [0.15, 0.2) is 0 Å². The quantitative estimate of drug-likeness (QED) is 0.868. The molecule has 0 aliphatic carbocycles. The van der Waals surface area contributed by atoms with E-state index in [1.165, 1.54) is 11.3 Å². The molecule has 0 radical (unpaired) electrons. The second kappa shape index (κ2) is 5.20. The fourth-order valence-corrected chi connectivity index (χ4v) is 4.62. The lowest BCUT2D eigenvalue weighted by Crippen LogP contribution is -2.49. The monoisotopic (exact) mass is 304 g/mol. The lowest BCUT2D eigenvalue weighted by molar-refractivity contribution is -0.142. The van der Waals surface area contributed by atoms with Crippen LogP contribution in [0.15, 0.2) is 11.4 Å². The van der Waals surface area contributed by atoms with Gasteiger partial charge >= 0.3 is 5.97 Å². The van der Waals surface area contributed by atoms with Crippen molar-refractivity contribution in [3.63, 3.8) is 0 Å². The highest BCUT2D eigenvalue weighted by atomic mass is 32.2. The molecule has 1 aromatic heterocycles. The zero-order valence-corrected chi connectivity index (χ0v) is 12.3. The average molecular weight is 304 g/mol. The molecule has 19 heavy (non-hydrogen) atoms. The molecule has 6 nitrogen and oxygen atoms in total. The summed E-state index contributed by atoms with van der Waals surface area (Å²) in [5, 5.41) is 11.1. The van der Waals surface area contributed by atoms with Gasteiger partial charge in [0.05, 0.1) is 0 Å². The van der Waals surface area contributed by atoms with Crippen LogP contribution in [0.25, 0.3) is 0 Å². The van der Waals surface area contributed by atoms with Crippen molar-refractivity contribution in [3.05, 3.63) is 21.9 Å². The Morgan fingerprint density at radius 3 is 2.84 bits per heavy atom. The highest BCUT2D eigenvalue weighted by Gasteiger charge is 2.40. The fraction of sp³-hybridized carbons (Fsp3) is 0.545. The number of fused-ring (bicyclic) bond motifs is 1. The summed E-state index contributed by atoms with van der Waals surface area (Å²) < 4.78 is 27.9. The van der Waals surface area contributed by atoms with E-state index in [1.807, 2.05) is 0 Å². The van der Waals surface area contributed by atoms with Gasteiger partial charge in [-0.1, -0.05) is 0 Å². The van der Waals surface area contributed by atoms with Crippen LogP contribution in [0.2, 0.25) is 0 Å². The number of carbonyl (C=O) groups is 1. The van der Waals surface area contributed by atoms with Gasteiger partial charge in [0, 0.05) is 17.5 Å². The van der Waals surface area contributed by atoms with Crippen LogP contribution in [0.5, 0.6) is 0 Å². The third-order valence-electron chi connectivity index (χ3n) is 2.85. The molecule has 0 spiro atoms. The van der Waals surface area contributed by atoms with Gasteiger partial charge in [0.25, 0.3) is 10.2 Å². The molecule has 0 saturated carbocycles. The third-order valence-corrected chi connectivity index (χ3v) is 5.63. The van der Waals surface area contributed by atoms with E-state index in [9.17, 15) is 18.3 Å². The Labute approximate surface area is 116 Å². The van der Waals surface area contributed by atoms with Gasteiger partial charge in [-0.25, -0.2) is 0 Å². The predicted molar refractivity (Wildman–Crippen MR) is 72.3 cm³/mol. The minimum absolute atomic E-state index is 0.187. The topological polar surface area (TPSA) is 86.7 Å². The van der Waals surface area contributed by atoms with Crippen LogP contribution in [0.3, 0.4) is 0 Å². The molecule has 8 heteroatoms. The molecule has 1 unspecified atom stereocenters. The normalized spacial score (nSPS) is 20.5. The Hall–Kier alpha value is -0.960. The average Bonchev–Trinajstić information content (AvgIpc) is 2.72. The molecule has 106 valence electrons. The number of carboxylic acid groups (broad SMARTS) is 1. The molecular weight excluding hydrogens is 288 g/mol. The van der Waals surface area contributed by atoms with E-state index in [1.54, 1.807) is 25.3 Å². The van der Waals surface area contributed by atoms with Gasteiger partial charge < -0.3 is 5.11 Å². The Balaban J connectivity index is 2.40. The predicted octanol–water partition coefficient (Wildman–Crippen LogP) is 0.975. The van der Waals surface area contributed by atoms with E-state index in [0.29, 0.717) is 12.0 Å². The first-order valence-electron chi connectivity index (χ1n) is 5.91. The maximum absolute atomic E-state index is 12.2. The molecule has 2 rings (SSSR count). The maximum atomic E-state index is 12.2. The van der Waals surface area contributed by atoms with Crippen molar-refractivity contribution in [2.45, 2.75) is 32.4 Å². The molecule has 1 aromatic rings. The van der Waals surface area contributed by atoms with Crippen molar-refractivity contribution >= 4 is 27.5 Å². The summed E-state index contributed by atoms with van der Waals surface area (Å²) in [6.07, 6.45) is 0.551. The first-order chi connectivity index (χ1) is 8.83. The molecule has 0 aromatic carbocycles. The summed E-state index contributed by atoms with van der Waals surface area (Å²) in [6.45, 7) is 3.59. The number of rotatable bonds is 4. The van der Waals surface area contributed by atoms with Crippen molar-refractivity contribution in [1.82, 2.24) is 9.03 Å². The van der Waals surface area contributed by atoms with Gasteiger partial charge in [0.1, 0.15) is 6.04 Å². The first kappa shape index (κ1) is 14.4. The van der Waals surface area contributed by atoms with Gasteiger partial charge in [-0.15, -0.1) is 11.3 Å². The van der Waals surface area contributed by atoms with E-state index in [4.69, 9.17) is 0 Å². The molecule has 1 aliphatic rings. The van der Waals surface area contributed by atoms with E-state index in [2.05, 4.69) is 4.72 Å². The van der Waals surface area contributed by atoms with Crippen LogP contribution in [-0.2, 0) is 21.4 Å². The Morgan fingerprint density at radius 1 is 1.58 bits per heavy atom. The molecule has 1 aliphatic heterocycles. The highest BCUT2D eigenvalue weighted by molar-refractivity contribution is 7.87. The second-order valence-corrected chi connectivity index (χ2v) is 7.33. The van der Waals surface area contributed by atoms with Crippen LogP contribution < -0.4 is 4.72 Å². The maximum Gasteiger partial charge on any atom is 0.326 e. The molecule has 0 fully saturated rings. The minimum Gasteiger partial charge on any atom is -0.480 e. The molecule has 0 amide bonds. The number of hydrogen-bond donors (Lipinski definition) is 2. The lowest BCUT2D eigenvalue weighted by atomic mass is 10.0. The van der Waals surface area contributed by atoms with Crippen LogP contribution in [0.1, 0.15) is 30.3 Å². The molecule has 2 N–H and O–H groups in total. The number of nitrogens with one attached hydrogen (secondary N) is 1. The van der Waals surface area contributed by atoms with Crippen LogP contribution in [0.4, 0.5) is 0 Å². The van der Waals surface area contributed by atoms with E-state index in [0.717, 1.165) is 9.18 Å². The fourth-order valence-electron chi connectivity index (χ4n) is 2.17. The minimum atomic E-state index is -3.79. The van der Waals surface area contributed by atoms with E-state index in [-0.39, 0.29) is 12.6 Å². The number of carboxylic acids is 1. The number of hydrogen-bond acceptors (Lipinski definition) is 4. The summed E-state index contributed by atoms with van der Waals surface area (Å²) in [4.78, 5) is 12.4. The highest BCUT2D eigenvalue weighted by Crippen LogP contribution is 2.34. The smallest absolute Gasteiger partial charge is 0.326 e. The lowest BCUT2D eigenvalue weighted by Gasteiger charge is -2.32. The number of thiophene rings is 1. The number of aliphatic carboxylic acids is 1. The van der Waals surface area contributed by atoms with Gasteiger partial charge in [-0.05, 0) is 37.3 Å². The van der Waals surface area contributed by atoms with E-state index < -0.39 is 22.2 Å². The van der Waals surface area contributed by atoms with Gasteiger partial charge in [-0.3, -0.25) is 4.79 Å². The van der Waals surface area contributed by atoms with Crippen molar-refractivity contribution in [2.75, 3.05) is 6.54 Å². The molecule has 1 atom stereocenters. The Bertz CT molecular complexity index is 579. The molecule has 0 bridgehead atoms. The second-order valence-electron chi connectivity index (χ2n) is 4.68. The van der Waals surface area contributed by atoms with Crippen molar-refractivity contribution < 1.29 is 18.3 Å². The third kappa shape index (κ3) is 2.81. The SMILES string of the molecule is CC(C)NS(=O)(=O)N1CCc2sccc2C1C(=O)O. The standard InChI is InChI=1S/C11H16N2O4S2/c1-7(2)12-19(16,17)13-5-3-9-8(4-6-18-9)10(13)11(14)15/h4,6-7,10,12H,3,5H2,1-2H3,(H,14,15). The zero-order valence-electron chi connectivity index (χ0n) is 10.7. The van der Waals surface area contributed by atoms with E-state index >= 15 is 0 Å². The van der Waals surface area contributed by atoms with Crippen molar-refractivity contribution in [2.24, 2.45) is 0 Å². The van der Waals surface area contributed by atoms with Crippen molar-refractivity contribution in [3.8, 4) is 0 Å². The summed E-state index contributed by atoms with van der Waals surface area (Å²) >= 11 is 1.47. The number of nitrogens with zero attached hydrogens (tertiary/aromatic N) is 1. The summed E-state index contributed by atoms with van der Waals surface area (Å²) in [6, 6.07) is 0.283. The van der Waals surface area contributed by atoms with Crippen LogP contribution >= 0.6 is 11.3 Å². The molecule has 0 saturated heterocycles. The Kier molecular flexibility index (Phi) is 3.95. The first-order valence-corrected chi connectivity index (χ1v) is 8.23. The Morgan fingerprint density at radius 2 is 2.26 bits per heavy atom.